The van der Waals surface area contributed by atoms with E-state index in [1.54, 1.807) is 0 Å². The van der Waals surface area contributed by atoms with Crippen LogP contribution < -0.4 is 10.6 Å². The van der Waals surface area contributed by atoms with Crippen molar-refractivity contribution in [3.63, 3.8) is 0 Å². The lowest BCUT2D eigenvalue weighted by molar-refractivity contribution is 0.246. The Balaban J connectivity index is 2.48. The number of hydrogen-bond acceptors (Lipinski definition) is 1. The van der Waals surface area contributed by atoms with Crippen LogP contribution in [0.4, 0.5) is 10.5 Å². The predicted octanol–water partition coefficient (Wildman–Crippen LogP) is 3.16. The van der Waals surface area contributed by atoms with Crippen LogP contribution in [0.5, 0.6) is 0 Å². The number of anilines is 1. The summed E-state index contributed by atoms with van der Waals surface area (Å²) in [6.07, 6.45) is 0. The van der Waals surface area contributed by atoms with Crippen molar-refractivity contribution in [1.29, 1.82) is 0 Å². The van der Waals surface area contributed by atoms with Crippen LogP contribution in [0.25, 0.3) is 0 Å². The SMILES string of the molecule is Cc1ccc(NC(=O)N[C@H](C)C(C)C)cc1. The van der Waals surface area contributed by atoms with Gasteiger partial charge in [0, 0.05) is 11.7 Å². The van der Waals surface area contributed by atoms with Crippen molar-refractivity contribution in [2.75, 3.05) is 5.32 Å². The minimum Gasteiger partial charge on any atom is -0.335 e. The van der Waals surface area contributed by atoms with E-state index in [0.717, 1.165) is 5.69 Å². The lowest BCUT2D eigenvalue weighted by Gasteiger charge is -2.17. The fourth-order valence-electron chi connectivity index (χ4n) is 1.18. The first-order valence-corrected chi connectivity index (χ1v) is 5.63. The fourth-order valence-corrected chi connectivity index (χ4v) is 1.18. The highest BCUT2D eigenvalue weighted by Crippen LogP contribution is 2.08. The summed E-state index contributed by atoms with van der Waals surface area (Å²) in [5.41, 5.74) is 2.00. The first kappa shape index (κ1) is 12.6. The molecule has 0 aliphatic heterocycles. The molecule has 16 heavy (non-hydrogen) atoms. The molecule has 2 amide bonds. The van der Waals surface area contributed by atoms with Crippen molar-refractivity contribution in [3.8, 4) is 0 Å². The number of carbonyl (C=O) groups excluding carboxylic acids is 1. The second-order valence-electron chi connectivity index (χ2n) is 4.50. The Bertz CT molecular complexity index is 343. The molecule has 1 rings (SSSR count). The van der Waals surface area contributed by atoms with Crippen LogP contribution in [0.3, 0.4) is 0 Å². The summed E-state index contributed by atoms with van der Waals surface area (Å²) in [7, 11) is 0. The molecule has 0 aliphatic carbocycles. The molecule has 0 bridgehead atoms. The number of benzene rings is 1. The molecule has 0 fully saturated rings. The Hall–Kier alpha value is -1.51. The van der Waals surface area contributed by atoms with Gasteiger partial charge in [0.05, 0.1) is 0 Å². The van der Waals surface area contributed by atoms with E-state index in [2.05, 4.69) is 24.5 Å². The van der Waals surface area contributed by atoms with Gasteiger partial charge >= 0.3 is 6.03 Å². The molecule has 0 spiro atoms. The molecule has 88 valence electrons. The first-order chi connectivity index (χ1) is 7.49. The average Bonchev–Trinajstić information content (AvgIpc) is 2.21. The molecule has 0 radical (unpaired) electrons. The number of aryl methyl sites for hydroxylation is 1. The van der Waals surface area contributed by atoms with Crippen molar-refractivity contribution in [1.82, 2.24) is 5.32 Å². The Morgan fingerprint density at radius 2 is 1.69 bits per heavy atom. The van der Waals surface area contributed by atoms with Crippen molar-refractivity contribution >= 4 is 11.7 Å². The van der Waals surface area contributed by atoms with E-state index in [1.807, 2.05) is 38.1 Å². The fraction of sp³-hybridized carbons (Fsp3) is 0.462. The standard InChI is InChI=1S/C13H20N2O/c1-9(2)11(4)14-13(16)15-12-7-5-10(3)6-8-12/h5-9,11H,1-4H3,(H2,14,15,16)/t11-/m1/s1. The monoisotopic (exact) mass is 220 g/mol. The topological polar surface area (TPSA) is 41.1 Å². The van der Waals surface area contributed by atoms with E-state index >= 15 is 0 Å². The Labute approximate surface area is 97.2 Å². The Morgan fingerprint density at radius 1 is 1.12 bits per heavy atom. The average molecular weight is 220 g/mol. The Kier molecular flexibility index (Phi) is 4.35. The van der Waals surface area contributed by atoms with E-state index < -0.39 is 0 Å². The van der Waals surface area contributed by atoms with Crippen LogP contribution in [0.15, 0.2) is 24.3 Å². The minimum absolute atomic E-state index is 0.148. The van der Waals surface area contributed by atoms with Gasteiger partial charge in [0.15, 0.2) is 0 Å². The second kappa shape index (κ2) is 5.54. The van der Waals surface area contributed by atoms with Gasteiger partial charge in [0.1, 0.15) is 0 Å². The van der Waals surface area contributed by atoms with Gasteiger partial charge in [-0.15, -0.1) is 0 Å². The van der Waals surface area contributed by atoms with Crippen LogP contribution in [0, 0.1) is 12.8 Å². The van der Waals surface area contributed by atoms with Crippen LogP contribution in [-0.2, 0) is 0 Å². The third-order valence-corrected chi connectivity index (χ3v) is 2.67. The van der Waals surface area contributed by atoms with Gasteiger partial charge < -0.3 is 10.6 Å². The zero-order valence-electron chi connectivity index (χ0n) is 10.4. The summed E-state index contributed by atoms with van der Waals surface area (Å²) in [6.45, 7) is 8.18. The molecule has 3 nitrogen and oxygen atoms in total. The van der Waals surface area contributed by atoms with E-state index in [-0.39, 0.29) is 12.1 Å². The maximum absolute atomic E-state index is 11.6. The lowest BCUT2D eigenvalue weighted by Crippen LogP contribution is -2.38. The number of urea groups is 1. The molecule has 0 aliphatic rings. The Morgan fingerprint density at radius 3 is 2.19 bits per heavy atom. The van der Waals surface area contributed by atoms with Crippen molar-refractivity contribution in [2.45, 2.75) is 33.7 Å². The summed E-state index contributed by atoms with van der Waals surface area (Å²) in [6, 6.07) is 7.77. The minimum atomic E-state index is -0.148. The molecular weight excluding hydrogens is 200 g/mol. The lowest BCUT2D eigenvalue weighted by atomic mass is 10.1. The molecule has 3 heteroatoms. The van der Waals surface area contributed by atoms with Gasteiger partial charge in [-0.05, 0) is 31.9 Å². The molecule has 0 saturated heterocycles. The van der Waals surface area contributed by atoms with Gasteiger partial charge in [-0.25, -0.2) is 4.79 Å². The summed E-state index contributed by atoms with van der Waals surface area (Å²) >= 11 is 0. The van der Waals surface area contributed by atoms with Gasteiger partial charge in [-0.1, -0.05) is 31.5 Å². The maximum atomic E-state index is 11.6. The number of nitrogens with one attached hydrogen (secondary N) is 2. The quantitative estimate of drug-likeness (QED) is 0.807. The summed E-state index contributed by atoms with van der Waals surface area (Å²) < 4.78 is 0. The van der Waals surface area contributed by atoms with E-state index in [4.69, 9.17) is 0 Å². The summed E-state index contributed by atoms with van der Waals surface area (Å²) in [4.78, 5) is 11.6. The van der Waals surface area contributed by atoms with Crippen molar-refractivity contribution < 1.29 is 4.79 Å². The highest BCUT2D eigenvalue weighted by atomic mass is 16.2. The van der Waals surface area contributed by atoms with Crippen LogP contribution in [-0.4, -0.2) is 12.1 Å². The van der Waals surface area contributed by atoms with Crippen molar-refractivity contribution in [2.24, 2.45) is 5.92 Å². The molecule has 1 atom stereocenters. The van der Waals surface area contributed by atoms with E-state index in [0.29, 0.717) is 5.92 Å². The zero-order valence-corrected chi connectivity index (χ0v) is 10.4. The van der Waals surface area contributed by atoms with Gasteiger partial charge in [0.25, 0.3) is 0 Å². The molecule has 0 heterocycles. The molecule has 1 aromatic carbocycles. The third kappa shape index (κ3) is 3.93. The number of hydrogen-bond donors (Lipinski definition) is 2. The molecular formula is C13H20N2O. The van der Waals surface area contributed by atoms with Gasteiger partial charge in [-0.2, -0.15) is 0 Å². The number of carbonyl (C=O) groups is 1. The predicted molar refractivity (Wildman–Crippen MR) is 67.6 cm³/mol. The van der Waals surface area contributed by atoms with E-state index in [9.17, 15) is 4.79 Å². The molecule has 0 saturated carbocycles. The molecule has 1 aromatic rings. The smallest absolute Gasteiger partial charge is 0.319 e. The number of rotatable bonds is 3. The second-order valence-corrected chi connectivity index (χ2v) is 4.50. The van der Waals surface area contributed by atoms with Crippen molar-refractivity contribution in [3.05, 3.63) is 29.8 Å². The normalized spacial score (nSPS) is 12.3. The van der Waals surface area contributed by atoms with E-state index in [1.165, 1.54) is 5.56 Å². The first-order valence-electron chi connectivity index (χ1n) is 5.63. The summed E-state index contributed by atoms with van der Waals surface area (Å²) in [5, 5.41) is 5.70. The van der Waals surface area contributed by atoms with Crippen LogP contribution in [0.2, 0.25) is 0 Å². The molecule has 2 N–H and O–H groups in total. The maximum Gasteiger partial charge on any atom is 0.319 e. The number of amides is 2. The summed E-state index contributed by atoms with van der Waals surface area (Å²) in [5.74, 6) is 0.434. The van der Waals surface area contributed by atoms with Gasteiger partial charge in [-0.3, -0.25) is 0 Å². The van der Waals surface area contributed by atoms with Crippen LogP contribution >= 0.6 is 0 Å². The highest BCUT2D eigenvalue weighted by molar-refractivity contribution is 5.89. The van der Waals surface area contributed by atoms with Gasteiger partial charge in [0.2, 0.25) is 0 Å². The largest absolute Gasteiger partial charge is 0.335 e. The molecule has 0 aromatic heterocycles. The molecule has 0 unspecified atom stereocenters. The third-order valence-electron chi connectivity index (χ3n) is 2.67. The highest BCUT2D eigenvalue weighted by Gasteiger charge is 2.10. The zero-order chi connectivity index (χ0) is 12.1. The van der Waals surface area contributed by atoms with Crippen LogP contribution in [0.1, 0.15) is 26.3 Å².